The monoisotopic (exact) mass is 481 g/mol. The fraction of sp³-hybridized carbons (Fsp3) is 0.786. The number of hydrogen-bond donors (Lipinski definition) is 0. The Bertz CT molecular complexity index is 447. The minimum atomic E-state index is 0. The van der Waals surface area contributed by atoms with Crippen LogP contribution < -0.4 is 0 Å². The Labute approximate surface area is 200 Å². The summed E-state index contributed by atoms with van der Waals surface area (Å²) in [5, 5.41) is 0. The van der Waals surface area contributed by atoms with Gasteiger partial charge in [-0.3, -0.25) is 4.90 Å². The first-order valence-corrected chi connectivity index (χ1v) is 13.0. The van der Waals surface area contributed by atoms with Gasteiger partial charge in [0, 0.05) is 6.04 Å². The Morgan fingerprint density at radius 2 is 1.00 bits per heavy atom. The molecule has 0 fully saturated rings. The number of halogens is 1. The maximum atomic E-state index is 2.55. The lowest BCUT2D eigenvalue weighted by Crippen LogP contribution is -2.25. The molecule has 30 heavy (non-hydrogen) atoms. The van der Waals surface area contributed by atoms with Gasteiger partial charge in [0.2, 0.25) is 0 Å². The van der Waals surface area contributed by atoms with Crippen molar-refractivity contribution in [2.24, 2.45) is 0 Å². The standard InChI is InChI=1S/C28H51N.BrH/c1-4-6-7-8-9-10-11-12-13-14-15-16-17-18-19-23-26-29(3)28(5-2)27-24-21-20-22-25-27;/h20-22,24-25,28H,4-19,23,26H2,1-3H3;1H. The molecule has 0 radical (unpaired) electrons. The van der Waals surface area contributed by atoms with Gasteiger partial charge < -0.3 is 0 Å². The van der Waals surface area contributed by atoms with E-state index in [1.807, 2.05) is 0 Å². The molecule has 0 aliphatic rings. The molecule has 0 spiro atoms. The highest BCUT2D eigenvalue weighted by molar-refractivity contribution is 8.93. The predicted molar refractivity (Wildman–Crippen MR) is 142 cm³/mol. The van der Waals surface area contributed by atoms with Crippen LogP contribution in [0.4, 0.5) is 0 Å². The molecule has 0 heterocycles. The molecule has 0 saturated heterocycles. The van der Waals surface area contributed by atoms with Crippen LogP contribution in [0.3, 0.4) is 0 Å². The first kappa shape index (κ1) is 29.7. The number of nitrogens with zero attached hydrogens (tertiary/aromatic N) is 1. The van der Waals surface area contributed by atoms with Gasteiger partial charge in [0.1, 0.15) is 0 Å². The Kier molecular flexibility index (Phi) is 21.6. The highest BCUT2D eigenvalue weighted by Crippen LogP contribution is 2.23. The van der Waals surface area contributed by atoms with Crippen LogP contribution in [0.25, 0.3) is 0 Å². The van der Waals surface area contributed by atoms with Crippen molar-refractivity contribution in [2.45, 2.75) is 129 Å². The first-order valence-electron chi connectivity index (χ1n) is 13.0. The molecule has 1 aromatic rings. The highest BCUT2D eigenvalue weighted by atomic mass is 79.9. The van der Waals surface area contributed by atoms with E-state index in [1.165, 1.54) is 121 Å². The Hall–Kier alpha value is -0.340. The number of hydrogen-bond acceptors (Lipinski definition) is 1. The van der Waals surface area contributed by atoms with Gasteiger partial charge in [0.05, 0.1) is 0 Å². The molecule has 176 valence electrons. The van der Waals surface area contributed by atoms with E-state index in [-0.39, 0.29) is 17.0 Å². The van der Waals surface area contributed by atoms with Crippen molar-refractivity contribution in [1.82, 2.24) is 4.90 Å². The number of unbranched alkanes of at least 4 members (excludes halogenated alkanes) is 15. The zero-order valence-corrected chi connectivity index (χ0v) is 22.3. The zero-order valence-electron chi connectivity index (χ0n) is 20.5. The van der Waals surface area contributed by atoms with Gasteiger partial charge in [-0.15, -0.1) is 17.0 Å². The van der Waals surface area contributed by atoms with E-state index < -0.39 is 0 Å². The summed E-state index contributed by atoms with van der Waals surface area (Å²) in [4.78, 5) is 2.55. The molecule has 0 bridgehead atoms. The summed E-state index contributed by atoms with van der Waals surface area (Å²) in [6.45, 7) is 5.83. The van der Waals surface area contributed by atoms with Gasteiger partial charge in [0.15, 0.2) is 0 Å². The van der Waals surface area contributed by atoms with Crippen LogP contribution in [0.15, 0.2) is 30.3 Å². The maximum absolute atomic E-state index is 2.55. The van der Waals surface area contributed by atoms with Crippen LogP contribution >= 0.6 is 17.0 Å². The van der Waals surface area contributed by atoms with Crippen molar-refractivity contribution in [3.8, 4) is 0 Å². The molecule has 1 rings (SSSR count). The molecule has 2 heteroatoms. The number of rotatable bonds is 20. The Morgan fingerprint density at radius 1 is 0.600 bits per heavy atom. The van der Waals surface area contributed by atoms with Crippen molar-refractivity contribution in [3.63, 3.8) is 0 Å². The first-order chi connectivity index (χ1) is 14.3. The normalized spacial score (nSPS) is 12.1. The fourth-order valence-electron chi connectivity index (χ4n) is 4.54. The third-order valence-electron chi connectivity index (χ3n) is 6.47. The van der Waals surface area contributed by atoms with Crippen LogP contribution in [0.2, 0.25) is 0 Å². The minimum Gasteiger partial charge on any atom is -0.299 e. The average molecular weight is 483 g/mol. The second kappa shape index (κ2) is 21.9. The van der Waals surface area contributed by atoms with E-state index in [0.717, 1.165) is 0 Å². The molecular weight excluding hydrogens is 430 g/mol. The summed E-state index contributed by atoms with van der Waals surface area (Å²) in [6, 6.07) is 11.6. The van der Waals surface area contributed by atoms with Crippen LogP contribution in [-0.2, 0) is 0 Å². The molecule has 1 nitrogen and oxygen atoms in total. The van der Waals surface area contributed by atoms with Gasteiger partial charge in [0.25, 0.3) is 0 Å². The molecule has 0 aliphatic heterocycles. The van der Waals surface area contributed by atoms with Crippen molar-refractivity contribution in [1.29, 1.82) is 0 Å². The third kappa shape index (κ3) is 15.5. The van der Waals surface area contributed by atoms with E-state index >= 15 is 0 Å². The summed E-state index contributed by atoms with van der Waals surface area (Å²) in [7, 11) is 2.30. The van der Waals surface area contributed by atoms with Gasteiger partial charge in [-0.2, -0.15) is 0 Å². The van der Waals surface area contributed by atoms with E-state index in [1.54, 1.807) is 0 Å². The van der Waals surface area contributed by atoms with Gasteiger partial charge >= 0.3 is 0 Å². The van der Waals surface area contributed by atoms with Gasteiger partial charge in [-0.05, 0) is 32.0 Å². The summed E-state index contributed by atoms with van der Waals surface area (Å²) in [5.41, 5.74) is 1.47. The topological polar surface area (TPSA) is 3.24 Å². The van der Waals surface area contributed by atoms with Crippen molar-refractivity contribution < 1.29 is 0 Å². The average Bonchev–Trinajstić information content (AvgIpc) is 2.74. The van der Waals surface area contributed by atoms with Crippen LogP contribution in [0.5, 0.6) is 0 Å². The largest absolute Gasteiger partial charge is 0.299 e. The molecule has 1 unspecified atom stereocenters. The second-order valence-electron chi connectivity index (χ2n) is 9.12. The Morgan fingerprint density at radius 3 is 1.40 bits per heavy atom. The SMILES string of the molecule is Br.CCCCCCCCCCCCCCCCCCN(C)C(CC)c1ccccc1. The van der Waals surface area contributed by atoms with Gasteiger partial charge in [-0.1, -0.05) is 140 Å². The van der Waals surface area contributed by atoms with Crippen molar-refractivity contribution in [2.75, 3.05) is 13.6 Å². The molecule has 1 aromatic carbocycles. The Balaban J connectivity index is 0.00000841. The van der Waals surface area contributed by atoms with Crippen molar-refractivity contribution in [3.05, 3.63) is 35.9 Å². The number of benzene rings is 1. The molecular formula is C28H52BrN. The summed E-state index contributed by atoms with van der Waals surface area (Å²) in [5.74, 6) is 0. The minimum absolute atomic E-state index is 0. The predicted octanol–water partition coefficient (Wildman–Crippen LogP) is 9.91. The summed E-state index contributed by atoms with van der Waals surface area (Å²) >= 11 is 0. The molecule has 0 aliphatic carbocycles. The second-order valence-corrected chi connectivity index (χ2v) is 9.12. The summed E-state index contributed by atoms with van der Waals surface area (Å²) < 4.78 is 0. The highest BCUT2D eigenvalue weighted by Gasteiger charge is 2.13. The molecule has 0 amide bonds. The lowest BCUT2D eigenvalue weighted by molar-refractivity contribution is 0.233. The maximum Gasteiger partial charge on any atom is 0.0342 e. The smallest absolute Gasteiger partial charge is 0.0342 e. The lowest BCUT2D eigenvalue weighted by atomic mass is 10.0. The van der Waals surface area contributed by atoms with Crippen LogP contribution in [-0.4, -0.2) is 18.5 Å². The van der Waals surface area contributed by atoms with E-state index in [0.29, 0.717) is 6.04 Å². The zero-order chi connectivity index (χ0) is 21.0. The van der Waals surface area contributed by atoms with E-state index in [4.69, 9.17) is 0 Å². The van der Waals surface area contributed by atoms with E-state index in [2.05, 4.69) is 56.1 Å². The summed E-state index contributed by atoms with van der Waals surface area (Å²) in [6.07, 6.45) is 24.3. The van der Waals surface area contributed by atoms with Crippen LogP contribution in [0.1, 0.15) is 135 Å². The third-order valence-corrected chi connectivity index (χ3v) is 6.47. The van der Waals surface area contributed by atoms with Crippen molar-refractivity contribution >= 4 is 17.0 Å². The molecule has 0 saturated carbocycles. The fourth-order valence-corrected chi connectivity index (χ4v) is 4.54. The van der Waals surface area contributed by atoms with E-state index in [9.17, 15) is 0 Å². The molecule has 0 aromatic heterocycles. The molecule has 0 N–H and O–H groups in total. The molecule has 1 atom stereocenters. The van der Waals surface area contributed by atoms with Gasteiger partial charge in [-0.25, -0.2) is 0 Å². The lowest BCUT2D eigenvalue weighted by Gasteiger charge is -2.27. The quantitative estimate of drug-likeness (QED) is 0.167. The van der Waals surface area contributed by atoms with Crippen LogP contribution in [0, 0.1) is 0 Å².